The summed E-state index contributed by atoms with van der Waals surface area (Å²) >= 11 is 0. The first-order chi connectivity index (χ1) is 13.0. The van der Waals surface area contributed by atoms with Crippen molar-refractivity contribution < 1.29 is 13.2 Å². The molecule has 0 radical (unpaired) electrons. The number of rotatable bonds is 4. The van der Waals surface area contributed by atoms with Crippen molar-refractivity contribution in [2.24, 2.45) is 0 Å². The van der Waals surface area contributed by atoms with Crippen molar-refractivity contribution >= 4 is 0 Å². The summed E-state index contributed by atoms with van der Waals surface area (Å²) in [6, 6.07) is 12.9. The van der Waals surface area contributed by atoms with Gasteiger partial charge in [0.15, 0.2) is 0 Å². The molecule has 2 aromatic heterocycles. The van der Waals surface area contributed by atoms with E-state index < -0.39 is 11.7 Å². The molecule has 5 nitrogen and oxygen atoms in total. The molecule has 2 heterocycles. The number of nitrogens with one attached hydrogen (secondary N) is 1. The first-order valence-corrected chi connectivity index (χ1v) is 8.15. The molecule has 0 aliphatic heterocycles. The van der Waals surface area contributed by atoms with Crippen LogP contribution in [0.2, 0.25) is 0 Å². The Balaban J connectivity index is 1.48. The second-order valence-corrected chi connectivity index (χ2v) is 6.06. The minimum Gasteiger partial charge on any atom is -0.285 e. The van der Waals surface area contributed by atoms with Gasteiger partial charge in [0.2, 0.25) is 0 Å². The van der Waals surface area contributed by atoms with Crippen molar-refractivity contribution in [2.45, 2.75) is 12.7 Å². The molecule has 0 atom stereocenters. The van der Waals surface area contributed by atoms with Gasteiger partial charge >= 0.3 is 6.18 Å². The van der Waals surface area contributed by atoms with Crippen molar-refractivity contribution in [1.29, 1.82) is 0 Å². The molecule has 136 valence electrons. The van der Waals surface area contributed by atoms with E-state index in [4.69, 9.17) is 0 Å². The fraction of sp³-hybridized carbons (Fsp3) is 0.105. The Kier molecular flexibility index (Phi) is 4.23. The summed E-state index contributed by atoms with van der Waals surface area (Å²) in [4.78, 5) is 0. The van der Waals surface area contributed by atoms with Gasteiger partial charge in [-0.2, -0.15) is 18.3 Å². The fourth-order valence-corrected chi connectivity index (χ4v) is 2.74. The zero-order valence-electron chi connectivity index (χ0n) is 14.0. The lowest BCUT2D eigenvalue weighted by Crippen LogP contribution is -2.03. The maximum absolute atomic E-state index is 12.6. The Morgan fingerprint density at radius 3 is 2.22 bits per heavy atom. The maximum atomic E-state index is 12.6. The highest BCUT2D eigenvalue weighted by atomic mass is 19.4. The van der Waals surface area contributed by atoms with E-state index in [1.807, 2.05) is 30.5 Å². The molecule has 0 bridgehead atoms. The number of nitrogens with zero attached hydrogens (tertiary/aromatic N) is 4. The first kappa shape index (κ1) is 17.0. The van der Waals surface area contributed by atoms with E-state index in [2.05, 4.69) is 20.5 Å². The Morgan fingerprint density at radius 1 is 0.889 bits per heavy atom. The third kappa shape index (κ3) is 3.74. The van der Waals surface area contributed by atoms with Crippen molar-refractivity contribution in [2.75, 3.05) is 0 Å². The highest BCUT2D eigenvalue weighted by Gasteiger charge is 2.30. The van der Waals surface area contributed by atoms with E-state index in [-0.39, 0.29) is 0 Å². The van der Waals surface area contributed by atoms with Gasteiger partial charge in [-0.05, 0) is 23.3 Å². The fourth-order valence-electron chi connectivity index (χ4n) is 2.74. The lowest BCUT2D eigenvalue weighted by atomic mass is 10.1. The van der Waals surface area contributed by atoms with E-state index in [1.165, 1.54) is 12.1 Å². The highest BCUT2D eigenvalue weighted by Crippen LogP contribution is 2.30. The molecular weight excluding hydrogens is 355 g/mol. The van der Waals surface area contributed by atoms with Gasteiger partial charge in [-0.3, -0.25) is 5.10 Å². The molecule has 2 aromatic carbocycles. The van der Waals surface area contributed by atoms with Crippen LogP contribution in [0.25, 0.3) is 22.4 Å². The van der Waals surface area contributed by atoms with Crippen molar-refractivity contribution in [3.63, 3.8) is 0 Å². The highest BCUT2D eigenvalue weighted by molar-refractivity contribution is 5.61. The predicted molar refractivity (Wildman–Crippen MR) is 93.6 cm³/mol. The van der Waals surface area contributed by atoms with Gasteiger partial charge in [0.25, 0.3) is 0 Å². The van der Waals surface area contributed by atoms with Crippen LogP contribution in [0.3, 0.4) is 0 Å². The lowest BCUT2D eigenvalue weighted by Gasteiger charge is -2.06. The van der Waals surface area contributed by atoms with Gasteiger partial charge in [-0.1, -0.05) is 41.6 Å². The summed E-state index contributed by atoms with van der Waals surface area (Å²) in [5, 5.41) is 14.8. The molecule has 4 aromatic rings. The lowest BCUT2D eigenvalue weighted by molar-refractivity contribution is -0.137. The van der Waals surface area contributed by atoms with Crippen LogP contribution in [0.15, 0.2) is 67.1 Å². The molecule has 4 rings (SSSR count). The minimum atomic E-state index is -4.35. The Bertz CT molecular complexity index is 1020. The molecular formula is C19H14F3N5. The Hall–Kier alpha value is -3.42. The largest absolute Gasteiger partial charge is 0.416 e. The van der Waals surface area contributed by atoms with Crippen molar-refractivity contribution in [3.8, 4) is 22.4 Å². The van der Waals surface area contributed by atoms with Gasteiger partial charge in [0.05, 0.1) is 24.5 Å². The number of aromatic amines is 1. The number of alkyl halides is 3. The first-order valence-electron chi connectivity index (χ1n) is 8.15. The third-order valence-corrected chi connectivity index (χ3v) is 4.18. The van der Waals surface area contributed by atoms with Crippen LogP contribution >= 0.6 is 0 Å². The second-order valence-electron chi connectivity index (χ2n) is 6.06. The molecule has 0 aliphatic carbocycles. The zero-order valence-corrected chi connectivity index (χ0v) is 14.0. The summed E-state index contributed by atoms with van der Waals surface area (Å²) in [5.41, 5.74) is 3.52. The summed E-state index contributed by atoms with van der Waals surface area (Å²) in [5.74, 6) is 0. The normalized spacial score (nSPS) is 11.7. The summed E-state index contributed by atoms with van der Waals surface area (Å²) in [6.07, 6.45) is 0.941. The zero-order chi connectivity index (χ0) is 18.9. The van der Waals surface area contributed by atoms with Crippen molar-refractivity contribution in [1.82, 2.24) is 25.2 Å². The number of hydrogen-bond acceptors (Lipinski definition) is 3. The molecule has 0 aliphatic rings. The number of aromatic nitrogens is 5. The van der Waals surface area contributed by atoms with Crippen LogP contribution in [0.5, 0.6) is 0 Å². The number of H-pyrrole nitrogens is 1. The Morgan fingerprint density at radius 2 is 1.59 bits per heavy atom. The van der Waals surface area contributed by atoms with Gasteiger partial charge < -0.3 is 0 Å². The molecule has 1 N–H and O–H groups in total. The number of halogens is 3. The number of benzene rings is 2. The molecule has 27 heavy (non-hydrogen) atoms. The van der Waals surface area contributed by atoms with Gasteiger partial charge in [-0.15, -0.1) is 5.10 Å². The predicted octanol–water partition coefficient (Wildman–Crippen LogP) is 4.40. The monoisotopic (exact) mass is 369 g/mol. The SMILES string of the molecule is FC(F)(F)c1ccc(-c2cn(Cc3ccc(-c4cn[nH]c4)cc3)nn2)cc1. The second kappa shape index (κ2) is 6.71. The molecule has 0 amide bonds. The van der Waals surface area contributed by atoms with E-state index >= 15 is 0 Å². The van der Waals surface area contributed by atoms with E-state index in [0.29, 0.717) is 17.8 Å². The average Bonchev–Trinajstić information content (AvgIpc) is 3.34. The smallest absolute Gasteiger partial charge is 0.285 e. The minimum absolute atomic E-state index is 0.513. The number of hydrogen-bond donors (Lipinski definition) is 1. The van der Waals surface area contributed by atoms with Crippen LogP contribution < -0.4 is 0 Å². The van der Waals surface area contributed by atoms with E-state index in [0.717, 1.165) is 28.8 Å². The standard InChI is InChI=1S/C19H14F3N5/c20-19(21,22)17-7-5-15(6-8-17)18-12-27(26-25-18)11-13-1-3-14(4-2-13)16-9-23-24-10-16/h1-10,12H,11H2,(H,23,24). The van der Waals surface area contributed by atoms with E-state index in [1.54, 1.807) is 17.1 Å². The maximum Gasteiger partial charge on any atom is 0.416 e. The molecule has 0 saturated heterocycles. The van der Waals surface area contributed by atoms with Crippen LogP contribution in [-0.4, -0.2) is 25.2 Å². The van der Waals surface area contributed by atoms with Crippen LogP contribution in [-0.2, 0) is 12.7 Å². The third-order valence-electron chi connectivity index (χ3n) is 4.18. The summed E-state index contributed by atoms with van der Waals surface area (Å²) in [6.45, 7) is 0.513. The van der Waals surface area contributed by atoms with Crippen LogP contribution in [0.1, 0.15) is 11.1 Å². The van der Waals surface area contributed by atoms with Gasteiger partial charge in [-0.25, -0.2) is 4.68 Å². The topological polar surface area (TPSA) is 59.4 Å². The van der Waals surface area contributed by atoms with Crippen LogP contribution in [0.4, 0.5) is 13.2 Å². The Labute approximate surface area is 152 Å². The molecule has 0 unspecified atom stereocenters. The van der Waals surface area contributed by atoms with Gasteiger partial charge in [0.1, 0.15) is 5.69 Å². The summed E-state index contributed by atoms with van der Waals surface area (Å²) < 4.78 is 39.6. The quantitative estimate of drug-likeness (QED) is 0.580. The molecule has 0 fully saturated rings. The summed E-state index contributed by atoms with van der Waals surface area (Å²) in [7, 11) is 0. The van der Waals surface area contributed by atoms with E-state index in [9.17, 15) is 13.2 Å². The molecule has 8 heteroatoms. The van der Waals surface area contributed by atoms with Gasteiger partial charge in [0, 0.05) is 17.3 Å². The average molecular weight is 369 g/mol. The molecule has 0 spiro atoms. The molecule has 0 saturated carbocycles. The van der Waals surface area contributed by atoms with Crippen LogP contribution in [0, 0.1) is 0 Å². The van der Waals surface area contributed by atoms with Crippen molar-refractivity contribution in [3.05, 3.63) is 78.2 Å².